The second-order valence-corrected chi connectivity index (χ2v) is 4.14. The van der Waals surface area contributed by atoms with E-state index in [0.717, 1.165) is 0 Å². The highest BCUT2D eigenvalue weighted by molar-refractivity contribution is 5.73. The van der Waals surface area contributed by atoms with Gasteiger partial charge in [0.25, 0.3) is 0 Å². The van der Waals surface area contributed by atoms with Crippen molar-refractivity contribution in [1.29, 1.82) is 0 Å². The first-order valence-corrected chi connectivity index (χ1v) is 4.91. The maximum absolute atomic E-state index is 11.0. The molecule has 0 heterocycles. The summed E-state index contributed by atoms with van der Waals surface area (Å²) in [5.74, 6) is -1.64. The molecule has 0 aromatic rings. The SMILES string of the molecule is C=CCC(O)[N+](C)(C)C(O)(CC=C)C(=O)[O-]. The Morgan fingerprint density at radius 1 is 1.50 bits per heavy atom. The lowest BCUT2D eigenvalue weighted by Gasteiger charge is -2.47. The smallest absolute Gasteiger partial charge is 0.247 e. The van der Waals surface area contributed by atoms with E-state index < -0.39 is 22.4 Å². The molecule has 0 aliphatic carbocycles. The van der Waals surface area contributed by atoms with Gasteiger partial charge in [0.1, 0.15) is 5.97 Å². The van der Waals surface area contributed by atoms with Gasteiger partial charge in [-0.05, 0) is 0 Å². The second kappa shape index (κ2) is 5.25. The van der Waals surface area contributed by atoms with Crippen LogP contribution in [0.25, 0.3) is 0 Å². The molecule has 0 saturated heterocycles. The lowest BCUT2D eigenvalue weighted by Crippen LogP contribution is -2.71. The molecular weight excluding hydrogens is 210 g/mol. The standard InChI is InChI=1S/C11H19NO4/c1-5-7-9(13)12(3,4)11(16,8-6-2)10(14)15/h5-6,9,13,16H,1-2,7-8H2,3-4H3. The van der Waals surface area contributed by atoms with E-state index in [2.05, 4.69) is 13.2 Å². The Morgan fingerprint density at radius 2 is 2.00 bits per heavy atom. The van der Waals surface area contributed by atoms with Crippen molar-refractivity contribution in [2.24, 2.45) is 0 Å². The molecule has 0 rings (SSSR count). The van der Waals surface area contributed by atoms with Crippen LogP contribution in [0.15, 0.2) is 25.3 Å². The average Bonchev–Trinajstić information content (AvgIpc) is 2.17. The van der Waals surface area contributed by atoms with Crippen molar-refractivity contribution in [3.05, 3.63) is 25.3 Å². The minimum Gasteiger partial charge on any atom is -0.542 e. The second-order valence-electron chi connectivity index (χ2n) is 4.14. The van der Waals surface area contributed by atoms with Gasteiger partial charge in [0.2, 0.25) is 5.72 Å². The van der Waals surface area contributed by atoms with Crippen molar-refractivity contribution in [1.82, 2.24) is 0 Å². The van der Waals surface area contributed by atoms with Crippen molar-refractivity contribution in [2.45, 2.75) is 24.8 Å². The lowest BCUT2D eigenvalue weighted by molar-refractivity contribution is -0.997. The predicted molar refractivity (Wildman–Crippen MR) is 57.7 cm³/mol. The molecule has 0 aromatic heterocycles. The van der Waals surface area contributed by atoms with Crippen molar-refractivity contribution in [3.63, 3.8) is 0 Å². The zero-order chi connectivity index (χ0) is 13.0. The molecule has 5 heteroatoms. The highest BCUT2D eigenvalue weighted by Gasteiger charge is 2.48. The van der Waals surface area contributed by atoms with Crippen LogP contribution in [0.5, 0.6) is 0 Å². The molecule has 2 N–H and O–H groups in total. The van der Waals surface area contributed by atoms with Crippen molar-refractivity contribution in [2.75, 3.05) is 14.1 Å². The van der Waals surface area contributed by atoms with Gasteiger partial charge in [-0.1, -0.05) is 12.2 Å². The minimum absolute atomic E-state index is 0.166. The van der Waals surface area contributed by atoms with Crippen LogP contribution in [0.1, 0.15) is 12.8 Å². The quantitative estimate of drug-likeness (QED) is 0.332. The fourth-order valence-corrected chi connectivity index (χ4v) is 1.41. The topological polar surface area (TPSA) is 80.6 Å². The van der Waals surface area contributed by atoms with Crippen molar-refractivity contribution >= 4 is 5.97 Å². The zero-order valence-electron chi connectivity index (χ0n) is 9.72. The summed E-state index contributed by atoms with van der Waals surface area (Å²) in [6.45, 7) is 6.84. The number of aliphatic hydroxyl groups excluding tert-OH is 1. The Balaban J connectivity index is 5.25. The monoisotopic (exact) mass is 229 g/mol. The summed E-state index contributed by atoms with van der Waals surface area (Å²) >= 11 is 0. The van der Waals surface area contributed by atoms with E-state index in [-0.39, 0.29) is 12.8 Å². The van der Waals surface area contributed by atoms with Gasteiger partial charge in [0.15, 0.2) is 6.23 Å². The molecule has 0 radical (unpaired) electrons. The molecule has 0 spiro atoms. The number of carboxylic acid groups (broad SMARTS) is 1. The van der Waals surface area contributed by atoms with Gasteiger partial charge in [-0.3, -0.25) is 4.48 Å². The molecule has 0 bridgehead atoms. The van der Waals surface area contributed by atoms with E-state index >= 15 is 0 Å². The van der Waals surface area contributed by atoms with E-state index in [9.17, 15) is 20.1 Å². The molecule has 0 fully saturated rings. The Morgan fingerprint density at radius 3 is 2.31 bits per heavy atom. The highest BCUT2D eigenvalue weighted by atomic mass is 16.4. The molecule has 5 nitrogen and oxygen atoms in total. The molecule has 0 aliphatic rings. The fraction of sp³-hybridized carbons (Fsp3) is 0.545. The number of likely N-dealkylation sites (N-methyl/N-ethyl adjacent to an activating group) is 1. The van der Waals surface area contributed by atoms with Crippen molar-refractivity contribution < 1.29 is 24.6 Å². The number of aliphatic carboxylic acids is 1. The van der Waals surface area contributed by atoms with Gasteiger partial charge in [-0.25, -0.2) is 0 Å². The first-order valence-electron chi connectivity index (χ1n) is 4.91. The normalized spacial score (nSPS) is 17.2. The number of rotatable bonds is 7. The van der Waals surface area contributed by atoms with Gasteiger partial charge in [0, 0.05) is 6.42 Å². The van der Waals surface area contributed by atoms with Gasteiger partial charge in [-0.2, -0.15) is 0 Å². The summed E-state index contributed by atoms with van der Waals surface area (Å²) in [5, 5.41) is 30.9. The maximum atomic E-state index is 11.0. The van der Waals surface area contributed by atoms with Crippen LogP contribution < -0.4 is 5.11 Å². The first-order chi connectivity index (χ1) is 7.24. The van der Waals surface area contributed by atoms with Crippen LogP contribution in [0.3, 0.4) is 0 Å². The summed E-state index contributed by atoms with van der Waals surface area (Å²) in [6, 6.07) is 0. The molecule has 0 aromatic carbocycles. The molecule has 16 heavy (non-hydrogen) atoms. The zero-order valence-corrected chi connectivity index (χ0v) is 9.72. The summed E-state index contributed by atoms with van der Waals surface area (Å²) in [6.07, 6.45) is 1.60. The molecule has 2 atom stereocenters. The number of carbonyl (C=O) groups is 1. The summed E-state index contributed by atoms with van der Waals surface area (Å²) < 4.78 is -0.534. The van der Waals surface area contributed by atoms with Gasteiger partial charge < -0.3 is 20.1 Å². The predicted octanol–water partition coefficient (Wildman–Crippen LogP) is -1.03. The Labute approximate surface area is 95.5 Å². The van der Waals surface area contributed by atoms with E-state index in [1.807, 2.05) is 0 Å². The van der Waals surface area contributed by atoms with E-state index in [0.29, 0.717) is 0 Å². The van der Waals surface area contributed by atoms with Crippen LogP contribution in [0.2, 0.25) is 0 Å². The molecule has 0 saturated carbocycles. The van der Waals surface area contributed by atoms with Crippen molar-refractivity contribution in [3.8, 4) is 0 Å². The first kappa shape index (κ1) is 14.8. The molecule has 0 amide bonds. The molecule has 0 aliphatic heterocycles. The molecule has 92 valence electrons. The van der Waals surface area contributed by atoms with Crippen LogP contribution in [-0.2, 0) is 4.79 Å². The minimum atomic E-state index is -2.20. The third-order valence-electron chi connectivity index (χ3n) is 2.83. The van der Waals surface area contributed by atoms with Crippen LogP contribution in [-0.4, -0.2) is 46.7 Å². The molecule has 2 unspecified atom stereocenters. The summed E-state index contributed by atoms with van der Waals surface area (Å²) in [5.41, 5.74) is -2.20. The number of hydrogen-bond donors (Lipinski definition) is 2. The largest absolute Gasteiger partial charge is 0.542 e. The van der Waals surface area contributed by atoms with Gasteiger partial charge >= 0.3 is 0 Å². The van der Waals surface area contributed by atoms with E-state index in [1.54, 1.807) is 0 Å². The Hall–Kier alpha value is -1.17. The summed E-state index contributed by atoms with van der Waals surface area (Å²) in [7, 11) is 2.82. The number of hydrogen-bond acceptors (Lipinski definition) is 4. The fourth-order valence-electron chi connectivity index (χ4n) is 1.41. The maximum Gasteiger partial charge on any atom is 0.247 e. The number of carbonyl (C=O) groups excluding carboxylic acids is 1. The number of aliphatic hydroxyl groups is 2. The molecular formula is C11H19NO4. The lowest BCUT2D eigenvalue weighted by atomic mass is 10.0. The number of carboxylic acids is 1. The van der Waals surface area contributed by atoms with Crippen LogP contribution in [0, 0.1) is 0 Å². The van der Waals surface area contributed by atoms with E-state index in [4.69, 9.17) is 0 Å². The Bertz CT molecular complexity index is 288. The van der Waals surface area contributed by atoms with Gasteiger partial charge in [-0.15, -0.1) is 13.2 Å². The number of quaternary nitrogens is 1. The summed E-state index contributed by atoms with van der Waals surface area (Å²) in [4.78, 5) is 11.0. The Kier molecular flexibility index (Phi) is 4.86. The third kappa shape index (κ3) is 2.49. The van der Waals surface area contributed by atoms with E-state index in [1.165, 1.54) is 26.2 Å². The highest BCUT2D eigenvalue weighted by Crippen LogP contribution is 2.26. The van der Waals surface area contributed by atoms with Crippen LogP contribution in [0.4, 0.5) is 0 Å². The van der Waals surface area contributed by atoms with Crippen LogP contribution >= 0.6 is 0 Å². The average molecular weight is 229 g/mol. The number of nitrogens with zero attached hydrogens (tertiary/aromatic N) is 1. The third-order valence-corrected chi connectivity index (χ3v) is 2.83. The van der Waals surface area contributed by atoms with Gasteiger partial charge in [0.05, 0.1) is 20.5 Å².